The van der Waals surface area contributed by atoms with Gasteiger partial charge in [-0.1, -0.05) is 54.6 Å². The monoisotopic (exact) mass is 379 g/mol. The number of amides is 1. The number of halogens is 2. The van der Waals surface area contributed by atoms with Gasteiger partial charge in [-0.2, -0.15) is 8.78 Å². The van der Waals surface area contributed by atoms with Crippen LogP contribution in [-0.2, 0) is 12.6 Å². The van der Waals surface area contributed by atoms with E-state index in [2.05, 4.69) is 4.98 Å². The van der Waals surface area contributed by atoms with Crippen molar-refractivity contribution in [2.24, 2.45) is 5.92 Å². The first-order valence-electron chi connectivity index (χ1n) is 9.43. The number of benzene rings is 2. The zero-order valence-corrected chi connectivity index (χ0v) is 15.2. The molecule has 5 rings (SSSR count). The number of hydrogen-bond donors (Lipinski definition) is 0. The molecule has 1 saturated carbocycles. The first-order chi connectivity index (χ1) is 13.5. The third-order valence-corrected chi connectivity index (χ3v) is 5.50. The normalized spacial score (nSPS) is 16.5. The Morgan fingerprint density at radius 1 is 1.00 bits per heavy atom. The summed E-state index contributed by atoms with van der Waals surface area (Å²) in [5.74, 6) is -2.08. The molecule has 1 aromatic heterocycles. The molecule has 6 heteroatoms. The predicted octanol–water partition coefficient (Wildman–Crippen LogP) is 4.51. The van der Waals surface area contributed by atoms with E-state index in [9.17, 15) is 13.6 Å². The molecular formula is C22H19F2N3O. The topological polar surface area (TPSA) is 38.1 Å². The SMILES string of the molecule is O=C1c2ncc(-c3ccc(C(F)(F)c4ccccc4)cc3)n2CN1CC1CC1. The third kappa shape index (κ3) is 2.80. The average Bonchev–Trinajstić information content (AvgIpc) is 3.36. The summed E-state index contributed by atoms with van der Waals surface area (Å²) in [6.45, 7) is 1.24. The van der Waals surface area contributed by atoms with Crippen molar-refractivity contribution < 1.29 is 13.6 Å². The molecule has 0 spiro atoms. The lowest BCUT2D eigenvalue weighted by atomic mass is 9.99. The highest BCUT2D eigenvalue weighted by molar-refractivity contribution is 5.93. The molecule has 0 N–H and O–H groups in total. The van der Waals surface area contributed by atoms with Crippen LogP contribution in [0.2, 0.25) is 0 Å². The molecular weight excluding hydrogens is 360 g/mol. The summed E-state index contributed by atoms with van der Waals surface area (Å²) < 4.78 is 31.4. The minimum Gasteiger partial charge on any atom is -0.318 e. The number of carbonyl (C=O) groups is 1. The lowest BCUT2D eigenvalue weighted by Gasteiger charge is -2.18. The molecule has 1 fully saturated rings. The molecule has 2 aromatic carbocycles. The molecule has 3 aromatic rings. The number of rotatable bonds is 5. The van der Waals surface area contributed by atoms with Crippen molar-refractivity contribution in [3.63, 3.8) is 0 Å². The highest BCUT2D eigenvalue weighted by Gasteiger charge is 2.36. The Morgan fingerprint density at radius 2 is 1.68 bits per heavy atom. The number of carbonyl (C=O) groups excluding carboxylic acids is 1. The number of aromatic nitrogens is 2. The van der Waals surface area contributed by atoms with Crippen molar-refractivity contribution in [1.29, 1.82) is 0 Å². The number of alkyl halides is 2. The molecule has 1 amide bonds. The molecule has 142 valence electrons. The number of nitrogens with zero attached hydrogens (tertiary/aromatic N) is 3. The lowest BCUT2D eigenvalue weighted by molar-refractivity contribution is 0.0428. The van der Waals surface area contributed by atoms with Gasteiger partial charge in [0.2, 0.25) is 5.82 Å². The van der Waals surface area contributed by atoms with Crippen LogP contribution in [0.5, 0.6) is 0 Å². The fourth-order valence-electron chi connectivity index (χ4n) is 3.71. The van der Waals surface area contributed by atoms with Gasteiger partial charge >= 0.3 is 0 Å². The molecule has 1 aliphatic heterocycles. The van der Waals surface area contributed by atoms with Gasteiger partial charge in [-0.25, -0.2) is 4.98 Å². The quantitative estimate of drug-likeness (QED) is 0.654. The van der Waals surface area contributed by atoms with Crippen LogP contribution in [0.1, 0.15) is 34.6 Å². The van der Waals surface area contributed by atoms with E-state index < -0.39 is 5.92 Å². The highest BCUT2D eigenvalue weighted by atomic mass is 19.3. The van der Waals surface area contributed by atoms with Gasteiger partial charge < -0.3 is 9.47 Å². The maximum Gasteiger partial charge on any atom is 0.298 e. The summed E-state index contributed by atoms with van der Waals surface area (Å²) in [4.78, 5) is 18.6. The van der Waals surface area contributed by atoms with E-state index in [0.29, 0.717) is 18.4 Å². The minimum absolute atomic E-state index is 0.0330. The van der Waals surface area contributed by atoms with E-state index in [4.69, 9.17) is 0 Å². The van der Waals surface area contributed by atoms with Crippen LogP contribution in [0.4, 0.5) is 8.78 Å². The van der Waals surface area contributed by atoms with Crippen molar-refractivity contribution in [2.45, 2.75) is 25.4 Å². The fourth-order valence-corrected chi connectivity index (χ4v) is 3.71. The van der Waals surface area contributed by atoms with Crippen molar-refractivity contribution in [3.8, 4) is 11.3 Å². The van der Waals surface area contributed by atoms with Gasteiger partial charge in [0, 0.05) is 17.7 Å². The molecule has 0 unspecified atom stereocenters. The minimum atomic E-state index is -3.06. The van der Waals surface area contributed by atoms with Crippen molar-refractivity contribution in [3.05, 3.63) is 77.7 Å². The van der Waals surface area contributed by atoms with Gasteiger partial charge in [0.05, 0.1) is 18.6 Å². The Balaban J connectivity index is 1.42. The Morgan fingerprint density at radius 3 is 2.36 bits per heavy atom. The standard InChI is InChI=1S/C22H19F2N3O/c23-22(24,17-4-2-1-3-5-17)18-10-8-16(9-11-18)19-12-25-20-21(28)26(14-27(19)20)13-15-6-7-15/h1-5,8-12,15H,6-7,13-14H2. The average molecular weight is 379 g/mol. The van der Waals surface area contributed by atoms with E-state index in [0.717, 1.165) is 17.8 Å². The zero-order valence-electron chi connectivity index (χ0n) is 15.2. The van der Waals surface area contributed by atoms with Crippen LogP contribution in [-0.4, -0.2) is 26.9 Å². The van der Waals surface area contributed by atoms with Crippen LogP contribution >= 0.6 is 0 Å². The summed E-state index contributed by atoms with van der Waals surface area (Å²) in [5, 5.41) is 0. The zero-order chi connectivity index (χ0) is 19.3. The van der Waals surface area contributed by atoms with Crippen LogP contribution in [0.25, 0.3) is 11.3 Å². The molecule has 1 aliphatic carbocycles. The largest absolute Gasteiger partial charge is 0.318 e. The van der Waals surface area contributed by atoms with Gasteiger partial charge in [-0.15, -0.1) is 0 Å². The van der Waals surface area contributed by atoms with Crippen LogP contribution < -0.4 is 0 Å². The predicted molar refractivity (Wildman–Crippen MR) is 101 cm³/mol. The number of fused-ring (bicyclic) bond motifs is 1. The van der Waals surface area contributed by atoms with E-state index in [1.807, 2.05) is 9.47 Å². The Kier molecular flexibility index (Phi) is 3.82. The maximum atomic E-state index is 14.7. The Bertz CT molecular complexity index is 1020. The first kappa shape index (κ1) is 17.1. The molecule has 0 radical (unpaired) electrons. The molecule has 28 heavy (non-hydrogen) atoms. The van der Waals surface area contributed by atoms with Crippen LogP contribution in [0.3, 0.4) is 0 Å². The third-order valence-electron chi connectivity index (χ3n) is 5.50. The fraction of sp³-hybridized carbons (Fsp3) is 0.273. The van der Waals surface area contributed by atoms with E-state index >= 15 is 0 Å². The van der Waals surface area contributed by atoms with E-state index in [1.54, 1.807) is 36.5 Å². The summed E-state index contributed by atoms with van der Waals surface area (Å²) >= 11 is 0. The van der Waals surface area contributed by atoms with Crippen molar-refractivity contribution in [1.82, 2.24) is 14.5 Å². The molecule has 2 heterocycles. The van der Waals surface area contributed by atoms with Crippen molar-refractivity contribution >= 4 is 5.91 Å². The summed E-state index contributed by atoms with van der Waals surface area (Å²) in [6, 6.07) is 14.0. The molecule has 2 aliphatic rings. The second kappa shape index (κ2) is 6.26. The van der Waals surface area contributed by atoms with Crippen molar-refractivity contribution in [2.75, 3.05) is 6.54 Å². The van der Waals surface area contributed by atoms with Crippen LogP contribution in [0.15, 0.2) is 60.8 Å². The lowest BCUT2D eigenvalue weighted by Crippen LogP contribution is -2.27. The van der Waals surface area contributed by atoms with Crippen LogP contribution in [0, 0.1) is 5.92 Å². The Hall–Kier alpha value is -3.02. The van der Waals surface area contributed by atoms with Gasteiger partial charge in [-0.05, 0) is 24.3 Å². The summed E-state index contributed by atoms with van der Waals surface area (Å²) in [5.41, 5.74) is 1.45. The summed E-state index contributed by atoms with van der Waals surface area (Å²) in [6.07, 6.45) is 4.00. The van der Waals surface area contributed by atoms with Gasteiger partial charge in [0.1, 0.15) is 0 Å². The molecule has 4 nitrogen and oxygen atoms in total. The highest BCUT2D eigenvalue weighted by Crippen LogP contribution is 2.37. The van der Waals surface area contributed by atoms with Gasteiger partial charge in [-0.3, -0.25) is 4.79 Å². The second-order valence-electron chi connectivity index (χ2n) is 7.53. The van der Waals surface area contributed by atoms with Gasteiger partial charge in [0.25, 0.3) is 11.8 Å². The second-order valence-corrected chi connectivity index (χ2v) is 7.53. The van der Waals surface area contributed by atoms with E-state index in [-0.39, 0.29) is 17.0 Å². The molecule has 0 atom stereocenters. The molecule has 0 saturated heterocycles. The first-order valence-corrected chi connectivity index (χ1v) is 9.43. The smallest absolute Gasteiger partial charge is 0.298 e. The Labute approximate surface area is 161 Å². The molecule has 0 bridgehead atoms. The van der Waals surface area contributed by atoms with Gasteiger partial charge in [0.15, 0.2) is 0 Å². The summed E-state index contributed by atoms with van der Waals surface area (Å²) in [7, 11) is 0. The van der Waals surface area contributed by atoms with E-state index in [1.165, 1.54) is 37.1 Å². The maximum absolute atomic E-state index is 14.7. The number of imidazole rings is 1. The number of hydrogen-bond acceptors (Lipinski definition) is 2.